The second-order valence-corrected chi connectivity index (χ2v) is 6.61. The minimum absolute atomic E-state index is 0.0209. The number of amides is 1. The predicted octanol–water partition coefficient (Wildman–Crippen LogP) is 2.98. The van der Waals surface area contributed by atoms with E-state index in [1.165, 1.54) is 24.6 Å². The van der Waals surface area contributed by atoms with E-state index in [0.717, 1.165) is 24.0 Å². The number of aryl methyl sites for hydroxylation is 1. The van der Waals surface area contributed by atoms with Crippen LogP contribution in [0.5, 0.6) is 0 Å². The van der Waals surface area contributed by atoms with Crippen molar-refractivity contribution in [3.8, 4) is 0 Å². The van der Waals surface area contributed by atoms with Crippen LogP contribution in [0.3, 0.4) is 0 Å². The maximum Gasteiger partial charge on any atom is 0.349 e. The summed E-state index contributed by atoms with van der Waals surface area (Å²) in [4.78, 5) is 30.8. The summed E-state index contributed by atoms with van der Waals surface area (Å²) in [5.74, 6) is -0.400. The Balaban J connectivity index is 1.81. The average Bonchev–Trinajstić information content (AvgIpc) is 3.25. The van der Waals surface area contributed by atoms with Crippen LogP contribution < -0.4 is 4.90 Å². The lowest BCUT2D eigenvalue weighted by Gasteiger charge is -2.19. The van der Waals surface area contributed by atoms with Crippen molar-refractivity contribution < 1.29 is 14.3 Å². The van der Waals surface area contributed by atoms with Crippen molar-refractivity contribution in [1.82, 2.24) is 4.98 Å². The molecule has 1 fully saturated rings. The van der Waals surface area contributed by atoms with Crippen molar-refractivity contribution in [3.05, 3.63) is 46.5 Å². The Hall–Kier alpha value is -2.21. The molecule has 1 amide bonds. The molecular formula is C17H18N2O3S. The highest BCUT2D eigenvalue weighted by molar-refractivity contribution is 7.17. The summed E-state index contributed by atoms with van der Waals surface area (Å²) < 4.78 is 4.71. The number of hydrogen-bond donors (Lipinski definition) is 0. The number of aromatic nitrogens is 1. The Morgan fingerprint density at radius 3 is 2.74 bits per heavy atom. The van der Waals surface area contributed by atoms with Crippen molar-refractivity contribution in [2.75, 3.05) is 12.0 Å². The Morgan fingerprint density at radius 1 is 1.35 bits per heavy atom. The third-order valence-corrected chi connectivity index (χ3v) is 4.85. The monoisotopic (exact) mass is 330 g/mol. The number of thiazole rings is 1. The molecule has 1 saturated carbocycles. The van der Waals surface area contributed by atoms with Gasteiger partial charge in [0.25, 0.3) is 0 Å². The summed E-state index contributed by atoms with van der Waals surface area (Å²) in [5, 5.41) is 0.575. The van der Waals surface area contributed by atoms with Gasteiger partial charge in [0.05, 0.1) is 19.7 Å². The Labute approximate surface area is 138 Å². The van der Waals surface area contributed by atoms with Gasteiger partial charge in [0.1, 0.15) is 4.88 Å². The van der Waals surface area contributed by atoms with Crippen molar-refractivity contribution in [2.45, 2.75) is 32.2 Å². The molecule has 1 heterocycles. The van der Waals surface area contributed by atoms with Crippen molar-refractivity contribution in [3.63, 3.8) is 0 Å². The van der Waals surface area contributed by atoms with Gasteiger partial charge in [-0.25, -0.2) is 9.78 Å². The van der Waals surface area contributed by atoms with Gasteiger partial charge in [-0.05, 0) is 30.9 Å². The molecule has 0 N–H and O–H groups in total. The van der Waals surface area contributed by atoms with E-state index >= 15 is 0 Å². The van der Waals surface area contributed by atoms with Crippen LogP contribution in [0.2, 0.25) is 0 Å². The lowest BCUT2D eigenvalue weighted by atomic mass is 10.1. The topological polar surface area (TPSA) is 59.5 Å². The molecular weight excluding hydrogens is 312 g/mol. The van der Waals surface area contributed by atoms with Crippen LogP contribution in [0.1, 0.15) is 33.6 Å². The van der Waals surface area contributed by atoms with Gasteiger partial charge in [0.15, 0.2) is 5.13 Å². The van der Waals surface area contributed by atoms with E-state index in [1.807, 2.05) is 31.2 Å². The number of carbonyl (C=O) groups is 2. The summed E-state index contributed by atoms with van der Waals surface area (Å²) in [5.41, 5.74) is 2.12. The Bertz CT molecular complexity index is 737. The molecule has 1 aromatic carbocycles. The van der Waals surface area contributed by atoms with Crippen LogP contribution in [-0.4, -0.2) is 30.0 Å². The van der Waals surface area contributed by atoms with Crippen LogP contribution in [0.4, 0.5) is 5.13 Å². The van der Waals surface area contributed by atoms with E-state index in [-0.39, 0.29) is 11.9 Å². The molecule has 1 aromatic heterocycles. The normalized spacial score (nSPS) is 13.7. The number of anilines is 1. The quantitative estimate of drug-likeness (QED) is 0.791. The molecule has 0 unspecified atom stereocenters. The van der Waals surface area contributed by atoms with E-state index < -0.39 is 5.97 Å². The summed E-state index contributed by atoms with van der Waals surface area (Å²) in [6.07, 6.45) is 3.78. The van der Waals surface area contributed by atoms with Gasteiger partial charge in [-0.15, -0.1) is 0 Å². The van der Waals surface area contributed by atoms with Crippen LogP contribution in [-0.2, 0) is 16.0 Å². The molecule has 0 atom stereocenters. The van der Waals surface area contributed by atoms with E-state index in [2.05, 4.69) is 4.98 Å². The predicted molar refractivity (Wildman–Crippen MR) is 88.8 cm³/mol. The molecule has 2 aromatic rings. The lowest BCUT2D eigenvalue weighted by Crippen LogP contribution is -2.34. The summed E-state index contributed by atoms with van der Waals surface area (Å²) in [6, 6.07) is 8.08. The van der Waals surface area contributed by atoms with Crippen LogP contribution in [0.25, 0.3) is 0 Å². The van der Waals surface area contributed by atoms with Gasteiger partial charge in [-0.2, -0.15) is 0 Å². The Morgan fingerprint density at radius 2 is 2.09 bits per heavy atom. The molecule has 23 heavy (non-hydrogen) atoms. The van der Waals surface area contributed by atoms with Gasteiger partial charge in [0, 0.05) is 6.04 Å². The third kappa shape index (κ3) is 3.42. The molecule has 0 saturated heterocycles. The molecule has 0 bridgehead atoms. The van der Waals surface area contributed by atoms with E-state index in [0.29, 0.717) is 16.4 Å². The molecule has 1 aliphatic rings. The molecule has 1 aliphatic carbocycles. The maximum absolute atomic E-state index is 12.8. The highest BCUT2D eigenvalue weighted by Gasteiger charge is 2.35. The van der Waals surface area contributed by atoms with Gasteiger partial charge in [-0.1, -0.05) is 35.6 Å². The first-order chi connectivity index (χ1) is 11.1. The fraction of sp³-hybridized carbons (Fsp3) is 0.353. The molecule has 3 rings (SSSR count). The number of hydrogen-bond acceptors (Lipinski definition) is 5. The maximum atomic E-state index is 12.8. The highest BCUT2D eigenvalue weighted by atomic mass is 32.1. The molecule has 0 aliphatic heterocycles. The molecule has 5 nitrogen and oxygen atoms in total. The standard InChI is InChI=1S/C17H18N2O3S/c1-11-5-3-4-6-12(11)9-15(20)19(13-7-8-13)17-18-10-14(23-17)16(21)22-2/h3-6,10,13H,7-9H2,1-2H3. The minimum atomic E-state index is -0.421. The van der Waals surface area contributed by atoms with E-state index in [9.17, 15) is 9.59 Å². The number of nitrogens with zero attached hydrogens (tertiary/aromatic N) is 2. The summed E-state index contributed by atoms with van der Waals surface area (Å²) in [6.45, 7) is 2.00. The second kappa shape index (κ2) is 6.50. The zero-order chi connectivity index (χ0) is 16.4. The smallest absolute Gasteiger partial charge is 0.349 e. The second-order valence-electron chi connectivity index (χ2n) is 5.60. The van der Waals surface area contributed by atoms with E-state index in [4.69, 9.17) is 4.74 Å². The highest BCUT2D eigenvalue weighted by Crippen LogP contribution is 2.35. The van der Waals surface area contributed by atoms with Crippen molar-refractivity contribution in [2.24, 2.45) is 0 Å². The van der Waals surface area contributed by atoms with Gasteiger partial charge in [-0.3, -0.25) is 9.69 Å². The Kier molecular flexibility index (Phi) is 4.43. The SMILES string of the molecule is COC(=O)c1cnc(N(C(=O)Cc2ccccc2C)C2CC2)s1. The number of ether oxygens (including phenoxy) is 1. The average molecular weight is 330 g/mol. The zero-order valence-electron chi connectivity index (χ0n) is 13.1. The van der Waals surface area contributed by atoms with E-state index in [1.54, 1.807) is 4.90 Å². The summed E-state index contributed by atoms with van der Waals surface area (Å²) >= 11 is 1.20. The fourth-order valence-electron chi connectivity index (χ4n) is 2.43. The first-order valence-electron chi connectivity index (χ1n) is 7.51. The largest absolute Gasteiger partial charge is 0.465 e. The van der Waals surface area contributed by atoms with Gasteiger partial charge >= 0.3 is 5.97 Å². The minimum Gasteiger partial charge on any atom is -0.465 e. The lowest BCUT2D eigenvalue weighted by molar-refractivity contribution is -0.118. The number of esters is 1. The fourth-order valence-corrected chi connectivity index (χ4v) is 3.35. The first kappa shape index (κ1) is 15.7. The molecule has 6 heteroatoms. The van der Waals surface area contributed by atoms with Crippen LogP contribution in [0.15, 0.2) is 30.5 Å². The van der Waals surface area contributed by atoms with Crippen molar-refractivity contribution >= 4 is 28.3 Å². The third-order valence-electron chi connectivity index (χ3n) is 3.87. The summed E-state index contributed by atoms with van der Waals surface area (Å²) in [7, 11) is 1.34. The number of rotatable bonds is 5. The number of carbonyl (C=O) groups excluding carboxylic acids is 2. The number of benzene rings is 1. The van der Waals surface area contributed by atoms with Crippen LogP contribution in [0, 0.1) is 6.92 Å². The number of methoxy groups -OCH3 is 1. The molecule has 120 valence electrons. The molecule has 0 radical (unpaired) electrons. The molecule has 0 spiro atoms. The first-order valence-corrected chi connectivity index (χ1v) is 8.32. The van der Waals surface area contributed by atoms with Crippen molar-refractivity contribution in [1.29, 1.82) is 0 Å². The van der Waals surface area contributed by atoms with Gasteiger partial charge in [0.2, 0.25) is 5.91 Å². The van der Waals surface area contributed by atoms with Crippen LogP contribution >= 0.6 is 11.3 Å². The zero-order valence-corrected chi connectivity index (χ0v) is 13.9. The van der Waals surface area contributed by atoms with Gasteiger partial charge < -0.3 is 4.74 Å².